The molecule has 0 saturated heterocycles. The Hall–Kier alpha value is -1.00. The molecule has 0 radical (unpaired) electrons. The van der Waals surface area contributed by atoms with E-state index in [1.807, 2.05) is 18.2 Å². The smallest absolute Gasteiger partial charge is 0.231 e. The first-order chi connectivity index (χ1) is 7.13. The summed E-state index contributed by atoms with van der Waals surface area (Å²) < 4.78 is 0. The van der Waals surface area contributed by atoms with Gasteiger partial charge in [0, 0.05) is 24.5 Å². The van der Waals surface area contributed by atoms with Gasteiger partial charge in [0.25, 0.3) is 0 Å². The zero-order valence-corrected chi connectivity index (χ0v) is 9.50. The van der Waals surface area contributed by atoms with Gasteiger partial charge in [0.1, 0.15) is 0 Å². The van der Waals surface area contributed by atoms with Crippen LogP contribution in [-0.2, 0) is 11.2 Å². The monoisotopic (exact) mass is 222 g/mol. The van der Waals surface area contributed by atoms with Crippen molar-refractivity contribution < 1.29 is 4.79 Å². The number of hydrogen-bond acceptors (Lipinski definition) is 3. The molecule has 80 valence electrons. The minimum absolute atomic E-state index is 0.0559. The quantitative estimate of drug-likeness (QED) is 0.737. The zero-order chi connectivity index (χ0) is 11.0. The van der Waals surface area contributed by atoms with Crippen molar-refractivity contribution in [1.82, 2.24) is 0 Å². The van der Waals surface area contributed by atoms with Crippen LogP contribution in [0.3, 0.4) is 0 Å². The molecule has 1 aliphatic heterocycles. The summed E-state index contributed by atoms with van der Waals surface area (Å²) in [7, 11) is 1.80. The van der Waals surface area contributed by atoms with Crippen LogP contribution >= 0.6 is 12.6 Å². The van der Waals surface area contributed by atoms with Crippen LogP contribution in [0.2, 0.25) is 0 Å². The maximum Gasteiger partial charge on any atom is 0.231 e. The van der Waals surface area contributed by atoms with Gasteiger partial charge in [0.2, 0.25) is 5.91 Å². The van der Waals surface area contributed by atoms with Gasteiger partial charge in [-0.15, -0.1) is 0 Å². The second-order valence-electron chi connectivity index (χ2n) is 3.81. The predicted molar refractivity (Wildman–Crippen MR) is 64.3 cm³/mol. The number of fused-ring (bicyclic) bond motifs is 1. The summed E-state index contributed by atoms with van der Waals surface area (Å²) in [6, 6.07) is 5.88. The fourth-order valence-electron chi connectivity index (χ4n) is 1.83. The highest BCUT2D eigenvalue weighted by Crippen LogP contribution is 2.29. The fourth-order valence-corrected chi connectivity index (χ4v) is 2.04. The van der Waals surface area contributed by atoms with E-state index in [0.717, 1.165) is 16.8 Å². The molecule has 0 spiro atoms. The summed E-state index contributed by atoms with van der Waals surface area (Å²) in [6.45, 7) is 0. The third kappa shape index (κ3) is 1.75. The fraction of sp³-hybridized carbons (Fsp3) is 0.364. The molecule has 1 aliphatic rings. The van der Waals surface area contributed by atoms with Crippen LogP contribution in [0.4, 0.5) is 5.69 Å². The van der Waals surface area contributed by atoms with E-state index in [4.69, 9.17) is 5.73 Å². The van der Waals surface area contributed by atoms with Gasteiger partial charge < -0.3 is 10.6 Å². The molecule has 1 aromatic carbocycles. The highest BCUT2D eigenvalue weighted by Gasteiger charge is 2.24. The van der Waals surface area contributed by atoms with Crippen LogP contribution in [0.15, 0.2) is 18.2 Å². The lowest BCUT2D eigenvalue weighted by Crippen LogP contribution is -2.20. The van der Waals surface area contributed by atoms with Crippen LogP contribution in [0.5, 0.6) is 0 Å². The molecule has 0 bridgehead atoms. The third-order valence-corrected chi connectivity index (χ3v) is 3.20. The highest BCUT2D eigenvalue weighted by atomic mass is 32.1. The molecule has 1 atom stereocenters. The summed E-state index contributed by atoms with van der Waals surface area (Å²) in [5, 5.41) is 0. The molecule has 0 aromatic heterocycles. The van der Waals surface area contributed by atoms with Crippen molar-refractivity contribution in [2.75, 3.05) is 17.7 Å². The van der Waals surface area contributed by atoms with Crippen LogP contribution in [0.1, 0.15) is 17.2 Å². The molecule has 2 N–H and O–H groups in total. The summed E-state index contributed by atoms with van der Waals surface area (Å²) in [4.78, 5) is 13.1. The van der Waals surface area contributed by atoms with Crippen molar-refractivity contribution >= 4 is 24.2 Å². The zero-order valence-electron chi connectivity index (χ0n) is 8.60. The van der Waals surface area contributed by atoms with Crippen molar-refractivity contribution in [3.63, 3.8) is 0 Å². The maximum atomic E-state index is 11.5. The summed E-state index contributed by atoms with van der Waals surface area (Å²) in [5.74, 6) is 0.754. The largest absolute Gasteiger partial charge is 0.323 e. The number of rotatable bonds is 2. The standard InChI is InChI=1S/C11H14N2OS/c1-13-10-3-2-7(9(12)6-15)4-8(10)5-11(13)14/h2-4,9,15H,5-6,12H2,1H3. The van der Waals surface area contributed by atoms with Crippen LogP contribution in [0.25, 0.3) is 0 Å². The Labute approximate surface area is 94.7 Å². The van der Waals surface area contributed by atoms with Crippen molar-refractivity contribution in [3.05, 3.63) is 29.3 Å². The topological polar surface area (TPSA) is 46.3 Å². The summed E-state index contributed by atoms with van der Waals surface area (Å²) >= 11 is 4.16. The van der Waals surface area contributed by atoms with Gasteiger partial charge >= 0.3 is 0 Å². The minimum Gasteiger partial charge on any atom is -0.323 e. The van der Waals surface area contributed by atoms with Gasteiger partial charge in [0.05, 0.1) is 6.42 Å². The number of nitrogens with zero attached hydrogens (tertiary/aromatic N) is 1. The Balaban J connectivity index is 2.37. The van der Waals surface area contributed by atoms with E-state index in [2.05, 4.69) is 12.6 Å². The number of amides is 1. The van der Waals surface area contributed by atoms with Crippen molar-refractivity contribution in [2.24, 2.45) is 5.73 Å². The molecular weight excluding hydrogens is 208 g/mol. The van der Waals surface area contributed by atoms with Gasteiger partial charge in [-0.25, -0.2) is 0 Å². The second kappa shape index (κ2) is 3.87. The third-order valence-electron chi connectivity index (χ3n) is 2.81. The molecule has 0 saturated carbocycles. The average molecular weight is 222 g/mol. The molecule has 15 heavy (non-hydrogen) atoms. The van der Waals surface area contributed by atoms with Gasteiger partial charge in [-0.2, -0.15) is 12.6 Å². The number of anilines is 1. The number of hydrogen-bond donors (Lipinski definition) is 2. The van der Waals surface area contributed by atoms with E-state index in [9.17, 15) is 4.79 Å². The highest BCUT2D eigenvalue weighted by molar-refractivity contribution is 7.80. The molecule has 3 nitrogen and oxygen atoms in total. The van der Waals surface area contributed by atoms with E-state index in [0.29, 0.717) is 12.2 Å². The first kappa shape index (κ1) is 10.5. The summed E-state index contributed by atoms with van der Waals surface area (Å²) in [5.41, 5.74) is 8.99. The molecule has 0 aliphatic carbocycles. The van der Waals surface area contributed by atoms with Gasteiger partial charge in [-0.3, -0.25) is 4.79 Å². The number of likely N-dealkylation sites (N-methyl/N-ethyl adjacent to an activating group) is 1. The number of thiol groups is 1. The van der Waals surface area contributed by atoms with Crippen molar-refractivity contribution in [3.8, 4) is 0 Å². The van der Waals surface area contributed by atoms with E-state index in [1.54, 1.807) is 11.9 Å². The lowest BCUT2D eigenvalue weighted by atomic mass is 10.0. The molecular formula is C11H14N2OS. The number of carbonyl (C=O) groups excluding carboxylic acids is 1. The molecule has 0 fully saturated rings. The Morgan fingerprint density at radius 3 is 3.00 bits per heavy atom. The van der Waals surface area contributed by atoms with Crippen LogP contribution in [-0.4, -0.2) is 18.7 Å². The van der Waals surface area contributed by atoms with E-state index in [-0.39, 0.29) is 11.9 Å². The number of carbonyl (C=O) groups is 1. The Morgan fingerprint density at radius 2 is 2.33 bits per heavy atom. The average Bonchev–Trinajstić information content (AvgIpc) is 2.53. The predicted octanol–water partition coefficient (Wildman–Crippen LogP) is 1.14. The molecule has 1 heterocycles. The number of nitrogens with two attached hydrogens (primary N) is 1. The first-order valence-electron chi connectivity index (χ1n) is 4.89. The normalized spacial score (nSPS) is 16.7. The molecule has 4 heteroatoms. The Bertz CT molecular complexity index is 406. The van der Waals surface area contributed by atoms with Crippen molar-refractivity contribution in [1.29, 1.82) is 0 Å². The second-order valence-corrected chi connectivity index (χ2v) is 4.17. The van der Waals surface area contributed by atoms with Crippen LogP contribution in [0, 0.1) is 0 Å². The summed E-state index contributed by atoms with van der Waals surface area (Å²) in [6.07, 6.45) is 0.485. The SMILES string of the molecule is CN1C(=O)Cc2cc(C(N)CS)ccc21. The number of benzene rings is 1. The lowest BCUT2D eigenvalue weighted by Gasteiger charge is -2.13. The van der Waals surface area contributed by atoms with E-state index in [1.165, 1.54) is 0 Å². The Kier molecular flexibility index (Phi) is 2.71. The molecule has 2 rings (SSSR count). The Morgan fingerprint density at radius 1 is 1.60 bits per heavy atom. The maximum absolute atomic E-state index is 11.5. The van der Waals surface area contributed by atoms with Gasteiger partial charge in [-0.1, -0.05) is 12.1 Å². The van der Waals surface area contributed by atoms with E-state index < -0.39 is 0 Å². The van der Waals surface area contributed by atoms with E-state index >= 15 is 0 Å². The van der Waals surface area contributed by atoms with Gasteiger partial charge in [0.15, 0.2) is 0 Å². The lowest BCUT2D eigenvalue weighted by molar-refractivity contribution is -0.117. The first-order valence-corrected chi connectivity index (χ1v) is 5.52. The minimum atomic E-state index is -0.0559. The van der Waals surface area contributed by atoms with Crippen LogP contribution < -0.4 is 10.6 Å². The molecule has 1 unspecified atom stereocenters. The molecule has 1 amide bonds. The molecule has 1 aromatic rings. The van der Waals surface area contributed by atoms with Gasteiger partial charge in [-0.05, 0) is 17.2 Å². The van der Waals surface area contributed by atoms with Crippen molar-refractivity contribution in [2.45, 2.75) is 12.5 Å².